The van der Waals surface area contributed by atoms with Crippen molar-refractivity contribution in [3.63, 3.8) is 0 Å². The summed E-state index contributed by atoms with van der Waals surface area (Å²) in [6.07, 6.45) is -2.82. The molecule has 1 aromatic rings. The highest BCUT2D eigenvalue weighted by atomic mass is 19.4. The van der Waals surface area contributed by atoms with Crippen molar-refractivity contribution >= 4 is 5.91 Å². The van der Waals surface area contributed by atoms with Crippen molar-refractivity contribution in [2.75, 3.05) is 19.8 Å². The first-order chi connectivity index (χ1) is 10.4. The summed E-state index contributed by atoms with van der Waals surface area (Å²) in [5, 5.41) is 2.82. The third-order valence-corrected chi connectivity index (χ3v) is 4.20. The van der Waals surface area contributed by atoms with E-state index in [2.05, 4.69) is 5.32 Å². The number of benzene rings is 1. The van der Waals surface area contributed by atoms with Gasteiger partial charge in [0, 0.05) is 31.6 Å². The van der Waals surface area contributed by atoms with Gasteiger partial charge in [0.15, 0.2) is 0 Å². The molecule has 6 heteroatoms. The molecule has 1 fully saturated rings. The molecule has 2 rings (SSSR count). The molecule has 1 aliphatic heterocycles. The lowest BCUT2D eigenvalue weighted by molar-refractivity contribution is -0.137. The molecule has 1 saturated heterocycles. The molecule has 0 saturated carbocycles. The number of carbonyl (C=O) groups is 1. The zero-order valence-electron chi connectivity index (χ0n) is 12.5. The van der Waals surface area contributed by atoms with Gasteiger partial charge < -0.3 is 10.1 Å². The number of carbonyl (C=O) groups excluding carboxylic acids is 1. The molecule has 1 aliphatic rings. The molecule has 0 aromatic heterocycles. The van der Waals surface area contributed by atoms with E-state index in [0.717, 1.165) is 6.07 Å². The maximum atomic E-state index is 12.9. The van der Waals surface area contributed by atoms with Gasteiger partial charge in [-0.2, -0.15) is 13.2 Å². The molecule has 3 nitrogen and oxygen atoms in total. The van der Waals surface area contributed by atoms with Gasteiger partial charge >= 0.3 is 6.18 Å². The number of halogens is 3. The predicted octanol–water partition coefficient (Wildman–Crippen LogP) is 3.28. The van der Waals surface area contributed by atoms with Crippen molar-refractivity contribution < 1.29 is 22.7 Å². The third-order valence-electron chi connectivity index (χ3n) is 4.20. The molecule has 122 valence electrons. The number of hydrogen-bond donors (Lipinski definition) is 1. The molecule has 0 spiro atoms. The van der Waals surface area contributed by atoms with Gasteiger partial charge in [-0.05, 0) is 24.5 Å². The number of amides is 1. The summed E-state index contributed by atoms with van der Waals surface area (Å²) in [5.74, 6) is -0.0992. The topological polar surface area (TPSA) is 38.3 Å². The maximum Gasteiger partial charge on any atom is 0.416 e. The molecule has 0 bridgehead atoms. The second-order valence-corrected chi connectivity index (χ2v) is 5.60. The van der Waals surface area contributed by atoms with Crippen LogP contribution in [0.1, 0.15) is 37.3 Å². The van der Waals surface area contributed by atoms with Crippen LogP contribution in [0.5, 0.6) is 0 Å². The summed E-state index contributed by atoms with van der Waals surface area (Å²) in [7, 11) is 0. The smallest absolute Gasteiger partial charge is 0.381 e. The summed E-state index contributed by atoms with van der Waals surface area (Å²) in [5.41, 5.74) is -0.538. The zero-order chi connectivity index (χ0) is 16.2. The minimum atomic E-state index is -4.37. The first kappa shape index (κ1) is 16.8. The van der Waals surface area contributed by atoms with Crippen LogP contribution >= 0.6 is 0 Å². The summed E-state index contributed by atoms with van der Waals surface area (Å²) < 4.78 is 44.1. The van der Waals surface area contributed by atoms with Crippen molar-refractivity contribution in [3.05, 3.63) is 35.4 Å². The van der Waals surface area contributed by atoms with E-state index in [-0.39, 0.29) is 5.91 Å². The first-order valence-electron chi connectivity index (χ1n) is 7.39. The Morgan fingerprint density at radius 1 is 1.32 bits per heavy atom. The van der Waals surface area contributed by atoms with Crippen molar-refractivity contribution in [1.82, 2.24) is 5.32 Å². The van der Waals surface area contributed by atoms with E-state index in [9.17, 15) is 18.0 Å². The van der Waals surface area contributed by atoms with E-state index in [0.29, 0.717) is 44.6 Å². The second kappa shape index (κ2) is 6.69. The van der Waals surface area contributed by atoms with E-state index in [1.807, 2.05) is 0 Å². The molecule has 0 aliphatic carbocycles. The Bertz CT molecular complexity index is 522. The monoisotopic (exact) mass is 315 g/mol. The van der Waals surface area contributed by atoms with Gasteiger partial charge in [-0.15, -0.1) is 0 Å². The third kappa shape index (κ3) is 3.80. The van der Waals surface area contributed by atoms with E-state index < -0.39 is 17.2 Å². The van der Waals surface area contributed by atoms with E-state index in [4.69, 9.17) is 4.74 Å². The quantitative estimate of drug-likeness (QED) is 0.926. The summed E-state index contributed by atoms with van der Waals surface area (Å²) in [6.45, 7) is 3.05. The number of alkyl halides is 3. The molecular formula is C16H20F3NO2. The van der Waals surface area contributed by atoms with Crippen LogP contribution in [-0.4, -0.2) is 25.7 Å². The average molecular weight is 315 g/mol. The fraction of sp³-hybridized carbons (Fsp3) is 0.562. The highest BCUT2D eigenvalue weighted by Crippen LogP contribution is 2.37. The average Bonchev–Trinajstić information content (AvgIpc) is 2.53. The van der Waals surface area contributed by atoms with E-state index in [1.165, 1.54) is 12.1 Å². The normalized spacial score (nSPS) is 18.0. The van der Waals surface area contributed by atoms with Gasteiger partial charge in [-0.1, -0.05) is 25.1 Å². The minimum Gasteiger partial charge on any atom is -0.381 e. The Kier molecular flexibility index (Phi) is 5.11. The van der Waals surface area contributed by atoms with Crippen LogP contribution in [0.3, 0.4) is 0 Å². The van der Waals surface area contributed by atoms with Gasteiger partial charge in [0.1, 0.15) is 0 Å². The number of nitrogens with one attached hydrogen (secondary N) is 1. The molecule has 1 heterocycles. The van der Waals surface area contributed by atoms with Crippen molar-refractivity contribution in [2.24, 2.45) is 0 Å². The number of rotatable bonds is 4. The Morgan fingerprint density at radius 3 is 2.59 bits per heavy atom. The molecule has 0 unspecified atom stereocenters. The van der Waals surface area contributed by atoms with Gasteiger partial charge in [0.2, 0.25) is 5.91 Å². The molecule has 22 heavy (non-hydrogen) atoms. The largest absolute Gasteiger partial charge is 0.416 e. The SMILES string of the molecule is CCC(=O)NCC1(c2cccc(C(F)(F)F)c2)CCOCC1. The Hall–Kier alpha value is -1.56. The van der Waals surface area contributed by atoms with Crippen LogP contribution < -0.4 is 5.32 Å². The second-order valence-electron chi connectivity index (χ2n) is 5.60. The summed E-state index contributed by atoms with van der Waals surface area (Å²) in [4.78, 5) is 11.5. The molecule has 1 aromatic carbocycles. The van der Waals surface area contributed by atoms with Crippen molar-refractivity contribution in [2.45, 2.75) is 37.8 Å². The van der Waals surface area contributed by atoms with Crippen molar-refractivity contribution in [3.8, 4) is 0 Å². The lowest BCUT2D eigenvalue weighted by atomic mass is 9.73. The standard InChI is InChI=1S/C16H20F3NO2/c1-2-14(21)20-11-15(6-8-22-9-7-15)12-4-3-5-13(10-12)16(17,18)19/h3-5,10H,2,6-9,11H2,1H3,(H,20,21). The highest BCUT2D eigenvalue weighted by molar-refractivity contribution is 5.75. The fourth-order valence-electron chi connectivity index (χ4n) is 2.75. The van der Waals surface area contributed by atoms with Gasteiger partial charge in [-0.3, -0.25) is 4.79 Å². The first-order valence-corrected chi connectivity index (χ1v) is 7.39. The van der Waals surface area contributed by atoms with Gasteiger partial charge in [-0.25, -0.2) is 0 Å². The summed E-state index contributed by atoms with van der Waals surface area (Å²) in [6, 6.07) is 5.40. The van der Waals surface area contributed by atoms with E-state index >= 15 is 0 Å². The molecule has 0 atom stereocenters. The Morgan fingerprint density at radius 2 is 2.00 bits per heavy atom. The predicted molar refractivity (Wildman–Crippen MR) is 76.5 cm³/mol. The number of hydrogen-bond acceptors (Lipinski definition) is 2. The van der Waals surface area contributed by atoms with Crippen LogP contribution in [0.25, 0.3) is 0 Å². The lowest BCUT2D eigenvalue weighted by Crippen LogP contribution is -2.44. The van der Waals surface area contributed by atoms with Crippen molar-refractivity contribution in [1.29, 1.82) is 0 Å². The van der Waals surface area contributed by atoms with Crippen LogP contribution in [0.2, 0.25) is 0 Å². The number of ether oxygens (including phenoxy) is 1. The summed E-state index contributed by atoms with van der Waals surface area (Å²) >= 11 is 0. The van der Waals surface area contributed by atoms with E-state index in [1.54, 1.807) is 13.0 Å². The molecule has 0 radical (unpaired) electrons. The Balaban J connectivity index is 2.30. The van der Waals surface area contributed by atoms with Crippen LogP contribution in [0.15, 0.2) is 24.3 Å². The van der Waals surface area contributed by atoms with Gasteiger partial charge in [0.25, 0.3) is 0 Å². The molecular weight excluding hydrogens is 295 g/mol. The van der Waals surface area contributed by atoms with Crippen LogP contribution in [0.4, 0.5) is 13.2 Å². The lowest BCUT2D eigenvalue weighted by Gasteiger charge is -2.38. The molecule has 1 amide bonds. The fourth-order valence-corrected chi connectivity index (χ4v) is 2.75. The van der Waals surface area contributed by atoms with Crippen LogP contribution in [0, 0.1) is 0 Å². The molecule has 1 N–H and O–H groups in total. The minimum absolute atomic E-state index is 0.0992. The Labute approximate surface area is 127 Å². The maximum absolute atomic E-state index is 12.9. The van der Waals surface area contributed by atoms with Crippen LogP contribution in [-0.2, 0) is 21.1 Å². The van der Waals surface area contributed by atoms with Gasteiger partial charge in [0.05, 0.1) is 5.56 Å². The zero-order valence-corrected chi connectivity index (χ0v) is 12.5. The highest BCUT2D eigenvalue weighted by Gasteiger charge is 2.37.